The number of hydrogen-bond donors (Lipinski definition) is 0. The lowest BCUT2D eigenvalue weighted by atomic mass is 10.1. The summed E-state index contributed by atoms with van der Waals surface area (Å²) < 4.78 is 1.08. The van der Waals surface area contributed by atoms with Gasteiger partial charge in [-0.2, -0.15) is 5.11 Å². The van der Waals surface area contributed by atoms with E-state index in [0.29, 0.717) is 6.04 Å². The molecule has 0 bridgehead atoms. The molecule has 2 heterocycles. The molecule has 0 aromatic heterocycles. The average molecular weight is 343 g/mol. The molecular formula is C16H15BrN4. The van der Waals surface area contributed by atoms with Crippen LogP contribution in [0.4, 0.5) is 11.4 Å². The monoisotopic (exact) mass is 342 g/mol. The highest BCUT2D eigenvalue weighted by Gasteiger charge is 2.41. The molecule has 4 nitrogen and oxygen atoms in total. The fraction of sp³-hybridized carbons (Fsp3) is 0.250. The standard InChI is InChI=1S/C16H15BrN4/c17-12-6-8-14(9-7-12)21-16-11-20(10-15(16)18-19-21)13-4-2-1-3-5-13/h1-9,15-16H,10-11H2. The Kier molecular flexibility index (Phi) is 3.15. The van der Waals surface area contributed by atoms with Crippen molar-refractivity contribution in [3.05, 3.63) is 59.1 Å². The number of benzene rings is 2. The molecule has 2 aromatic rings. The van der Waals surface area contributed by atoms with Crippen LogP contribution in [0.25, 0.3) is 0 Å². The zero-order valence-electron chi connectivity index (χ0n) is 11.4. The summed E-state index contributed by atoms with van der Waals surface area (Å²) in [5.41, 5.74) is 2.36. The molecule has 2 aliphatic rings. The Hall–Kier alpha value is -1.88. The first-order valence-electron chi connectivity index (χ1n) is 7.07. The molecule has 1 saturated heterocycles. The molecule has 2 aromatic carbocycles. The minimum absolute atomic E-state index is 0.258. The third kappa shape index (κ3) is 2.31. The quantitative estimate of drug-likeness (QED) is 0.828. The third-order valence-electron chi connectivity index (χ3n) is 4.08. The second-order valence-electron chi connectivity index (χ2n) is 5.40. The molecule has 21 heavy (non-hydrogen) atoms. The summed E-state index contributed by atoms with van der Waals surface area (Å²) in [6.45, 7) is 1.89. The van der Waals surface area contributed by atoms with Crippen LogP contribution in [0.15, 0.2) is 69.4 Å². The predicted molar refractivity (Wildman–Crippen MR) is 87.7 cm³/mol. The summed E-state index contributed by atoms with van der Waals surface area (Å²) >= 11 is 3.47. The third-order valence-corrected chi connectivity index (χ3v) is 4.61. The average Bonchev–Trinajstić information content (AvgIpc) is 3.09. The van der Waals surface area contributed by atoms with E-state index in [-0.39, 0.29) is 6.04 Å². The van der Waals surface area contributed by atoms with Gasteiger partial charge in [0.15, 0.2) is 0 Å². The van der Waals surface area contributed by atoms with Crippen LogP contribution < -0.4 is 9.91 Å². The van der Waals surface area contributed by atoms with Crippen molar-refractivity contribution in [3.8, 4) is 0 Å². The largest absolute Gasteiger partial charge is 0.367 e. The van der Waals surface area contributed by atoms with Gasteiger partial charge in [0, 0.05) is 23.2 Å². The van der Waals surface area contributed by atoms with E-state index in [9.17, 15) is 0 Å². The maximum absolute atomic E-state index is 4.45. The molecule has 106 valence electrons. The smallest absolute Gasteiger partial charge is 0.115 e. The Morgan fingerprint density at radius 3 is 2.43 bits per heavy atom. The number of fused-ring (bicyclic) bond motifs is 1. The Morgan fingerprint density at radius 2 is 1.67 bits per heavy atom. The van der Waals surface area contributed by atoms with Gasteiger partial charge in [-0.05, 0) is 36.4 Å². The lowest BCUT2D eigenvalue weighted by molar-refractivity contribution is 0.671. The molecule has 2 aliphatic heterocycles. The highest BCUT2D eigenvalue weighted by atomic mass is 79.9. The molecule has 0 aliphatic carbocycles. The molecule has 1 fully saturated rings. The molecule has 0 radical (unpaired) electrons. The normalized spacial score (nSPS) is 23.7. The van der Waals surface area contributed by atoms with E-state index in [1.807, 2.05) is 18.2 Å². The Morgan fingerprint density at radius 1 is 0.905 bits per heavy atom. The van der Waals surface area contributed by atoms with Crippen LogP contribution in [0.3, 0.4) is 0 Å². The summed E-state index contributed by atoms with van der Waals surface area (Å²) in [6, 6.07) is 19.4. The lowest BCUT2D eigenvalue weighted by Gasteiger charge is -2.23. The molecular weight excluding hydrogens is 328 g/mol. The van der Waals surface area contributed by atoms with E-state index >= 15 is 0 Å². The fourth-order valence-electron chi connectivity index (χ4n) is 3.00. The van der Waals surface area contributed by atoms with Gasteiger partial charge in [-0.25, -0.2) is 5.01 Å². The van der Waals surface area contributed by atoms with Gasteiger partial charge in [0.2, 0.25) is 0 Å². The minimum atomic E-state index is 0.258. The highest BCUT2D eigenvalue weighted by Crippen LogP contribution is 2.33. The van der Waals surface area contributed by atoms with Gasteiger partial charge in [0.05, 0.1) is 11.7 Å². The summed E-state index contributed by atoms with van der Waals surface area (Å²) in [4.78, 5) is 2.39. The molecule has 5 heteroatoms. The molecule has 2 unspecified atom stereocenters. The van der Waals surface area contributed by atoms with Crippen molar-refractivity contribution < 1.29 is 0 Å². The number of hydrogen-bond acceptors (Lipinski definition) is 4. The SMILES string of the molecule is Brc1ccc(N2N=NC3CN(c4ccccc4)CC32)cc1. The number of rotatable bonds is 2. The number of para-hydroxylation sites is 1. The Bertz CT molecular complexity index is 656. The van der Waals surface area contributed by atoms with Crippen LogP contribution >= 0.6 is 15.9 Å². The van der Waals surface area contributed by atoms with Gasteiger partial charge < -0.3 is 4.90 Å². The van der Waals surface area contributed by atoms with Crippen molar-refractivity contribution in [2.45, 2.75) is 12.1 Å². The zero-order chi connectivity index (χ0) is 14.2. The first-order valence-corrected chi connectivity index (χ1v) is 7.86. The number of nitrogens with zero attached hydrogens (tertiary/aromatic N) is 4. The summed E-state index contributed by atoms with van der Waals surface area (Å²) in [7, 11) is 0. The van der Waals surface area contributed by atoms with Gasteiger partial charge in [-0.1, -0.05) is 39.4 Å². The molecule has 0 saturated carbocycles. The van der Waals surface area contributed by atoms with Crippen molar-refractivity contribution in [1.82, 2.24) is 0 Å². The second kappa shape index (κ2) is 5.15. The zero-order valence-corrected chi connectivity index (χ0v) is 13.0. The molecule has 0 N–H and O–H groups in total. The first-order chi connectivity index (χ1) is 10.3. The van der Waals surface area contributed by atoms with Crippen LogP contribution in [-0.4, -0.2) is 25.2 Å². The highest BCUT2D eigenvalue weighted by molar-refractivity contribution is 9.10. The first kappa shape index (κ1) is 12.8. The van der Waals surface area contributed by atoms with E-state index in [1.54, 1.807) is 0 Å². The van der Waals surface area contributed by atoms with E-state index in [0.717, 1.165) is 23.2 Å². The molecule has 0 spiro atoms. The van der Waals surface area contributed by atoms with E-state index in [2.05, 4.69) is 72.6 Å². The van der Waals surface area contributed by atoms with Crippen molar-refractivity contribution in [3.63, 3.8) is 0 Å². The minimum Gasteiger partial charge on any atom is -0.367 e. The van der Waals surface area contributed by atoms with E-state index < -0.39 is 0 Å². The van der Waals surface area contributed by atoms with Crippen molar-refractivity contribution in [1.29, 1.82) is 0 Å². The number of halogens is 1. The van der Waals surface area contributed by atoms with E-state index in [1.165, 1.54) is 5.69 Å². The van der Waals surface area contributed by atoms with Crippen LogP contribution in [0, 0.1) is 0 Å². The van der Waals surface area contributed by atoms with Crippen molar-refractivity contribution in [2.24, 2.45) is 10.3 Å². The molecule has 2 atom stereocenters. The maximum atomic E-state index is 4.45. The topological polar surface area (TPSA) is 31.2 Å². The van der Waals surface area contributed by atoms with E-state index in [4.69, 9.17) is 0 Å². The maximum Gasteiger partial charge on any atom is 0.115 e. The summed E-state index contributed by atoms with van der Waals surface area (Å²) in [6.07, 6.45) is 0. The predicted octanol–water partition coefficient (Wildman–Crippen LogP) is 3.89. The summed E-state index contributed by atoms with van der Waals surface area (Å²) in [5.74, 6) is 0. The van der Waals surface area contributed by atoms with Gasteiger partial charge in [0.1, 0.15) is 6.04 Å². The molecule has 0 amide bonds. The van der Waals surface area contributed by atoms with Gasteiger partial charge in [-0.3, -0.25) is 0 Å². The summed E-state index contributed by atoms with van der Waals surface area (Å²) in [5, 5.41) is 10.9. The van der Waals surface area contributed by atoms with Crippen LogP contribution in [0.1, 0.15) is 0 Å². The van der Waals surface area contributed by atoms with Crippen molar-refractivity contribution >= 4 is 27.3 Å². The fourth-order valence-corrected chi connectivity index (χ4v) is 3.26. The number of anilines is 2. The van der Waals surface area contributed by atoms with Crippen LogP contribution in [0.2, 0.25) is 0 Å². The van der Waals surface area contributed by atoms with Crippen molar-refractivity contribution in [2.75, 3.05) is 23.0 Å². The van der Waals surface area contributed by atoms with Gasteiger partial charge in [-0.15, -0.1) is 0 Å². The van der Waals surface area contributed by atoms with Crippen LogP contribution in [-0.2, 0) is 0 Å². The Labute approximate surface area is 132 Å². The lowest BCUT2D eigenvalue weighted by Crippen LogP contribution is -2.34. The second-order valence-corrected chi connectivity index (χ2v) is 6.32. The van der Waals surface area contributed by atoms with Gasteiger partial charge >= 0.3 is 0 Å². The molecule has 4 rings (SSSR count). The van der Waals surface area contributed by atoms with Crippen LogP contribution in [0.5, 0.6) is 0 Å². The van der Waals surface area contributed by atoms with Gasteiger partial charge in [0.25, 0.3) is 0 Å². The Balaban J connectivity index is 1.56.